The summed E-state index contributed by atoms with van der Waals surface area (Å²) in [6.45, 7) is 6.71. The first kappa shape index (κ1) is 16.8. The van der Waals surface area contributed by atoms with Crippen LogP contribution in [0, 0.1) is 0 Å². The first-order chi connectivity index (χ1) is 10.7. The number of hydrogen-bond donors (Lipinski definition) is 0. The van der Waals surface area contributed by atoms with Crippen LogP contribution in [0.5, 0.6) is 11.5 Å². The second-order valence-corrected chi connectivity index (χ2v) is 6.10. The first-order valence-corrected chi connectivity index (χ1v) is 8.54. The number of amides is 1. The predicted octanol–water partition coefficient (Wildman–Crippen LogP) is 4.10. The third kappa shape index (κ3) is 3.44. The minimum Gasteiger partial charge on any atom is -0.454 e. The number of carbonyl (C=O) groups excluding carboxylic acids is 1. The Labute approximate surface area is 140 Å². The lowest BCUT2D eigenvalue weighted by atomic mass is 10.2. The Kier molecular flexibility index (Phi) is 5.85. The summed E-state index contributed by atoms with van der Waals surface area (Å²) in [5.74, 6) is 1.45. The van der Waals surface area contributed by atoms with Crippen molar-refractivity contribution in [3.8, 4) is 11.5 Å². The van der Waals surface area contributed by atoms with Crippen molar-refractivity contribution in [1.29, 1.82) is 0 Å². The second kappa shape index (κ2) is 7.65. The van der Waals surface area contributed by atoms with Crippen LogP contribution in [0.25, 0.3) is 0 Å². The molecule has 1 aromatic carbocycles. The van der Waals surface area contributed by atoms with Crippen LogP contribution < -0.4 is 9.47 Å². The second-order valence-electron chi connectivity index (χ2n) is 4.42. The van der Waals surface area contributed by atoms with Gasteiger partial charge in [-0.2, -0.15) is 0 Å². The number of allylic oxidation sites excluding steroid dienone is 1. The highest BCUT2D eigenvalue weighted by Gasteiger charge is 2.31. The molecular formula is C16H19NO3S2. The molecule has 0 atom stereocenters. The molecule has 0 bridgehead atoms. The van der Waals surface area contributed by atoms with Crippen molar-refractivity contribution in [2.45, 2.75) is 33.7 Å². The molecule has 1 aromatic rings. The van der Waals surface area contributed by atoms with Crippen molar-refractivity contribution >= 4 is 34.2 Å². The molecule has 1 amide bonds. The first-order valence-electron chi connectivity index (χ1n) is 7.31. The highest BCUT2D eigenvalue weighted by molar-refractivity contribution is 8.26. The Morgan fingerprint density at radius 2 is 2.05 bits per heavy atom. The summed E-state index contributed by atoms with van der Waals surface area (Å²) in [5, 5.41) is 0. The molecule has 2 heterocycles. The van der Waals surface area contributed by atoms with E-state index in [1.165, 1.54) is 11.8 Å². The number of fused-ring (bicyclic) bond motifs is 1. The molecule has 6 heteroatoms. The largest absolute Gasteiger partial charge is 0.454 e. The van der Waals surface area contributed by atoms with Gasteiger partial charge in [0.15, 0.2) is 11.5 Å². The third-order valence-electron chi connectivity index (χ3n) is 3.04. The standard InChI is InChI=1S/C14H13NO3S2.C2H6/c1-2-3-12-13(16)15(14(19)20-12)7-9-4-5-10-11(6-9)18-8-17-10;1-2/h3-6H,2,7-8H2,1H3;1-2H3/b12-3-;. The molecule has 1 fully saturated rings. The minimum absolute atomic E-state index is 0.0143. The van der Waals surface area contributed by atoms with Gasteiger partial charge in [-0.1, -0.05) is 56.9 Å². The maximum Gasteiger partial charge on any atom is 0.266 e. The van der Waals surface area contributed by atoms with Crippen molar-refractivity contribution in [1.82, 2.24) is 4.90 Å². The summed E-state index contributed by atoms with van der Waals surface area (Å²) in [4.78, 5) is 14.6. The van der Waals surface area contributed by atoms with Gasteiger partial charge in [0.05, 0.1) is 11.4 Å². The molecule has 0 spiro atoms. The Hall–Kier alpha value is -1.53. The molecule has 2 aliphatic heterocycles. The molecule has 0 radical (unpaired) electrons. The molecule has 4 nitrogen and oxygen atoms in total. The molecule has 3 rings (SSSR count). The third-order valence-corrected chi connectivity index (χ3v) is 4.47. The summed E-state index contributed by atoms with van der Waals surface area (Å²) < 4.78 is 11.2. The van der Waals surface area contributed by atoms with E-state index >= 15 is 0 Å². The van der Waals surface area contributed by atoms with E-state index in [1.807, 2.05) is 45.0 Å². The van der Waals surface area contributed by atoms with Crippen LogP contribution >= 0.6 is 24.0 Å². The maximum absolute atomic E-state index is 12.2. The number of benzene rings is 1. The Morgan fingerprint density at radius 1 is 1.32 bits per heavy atom. The van der Waals surface area contributed by atoms with E-state index in [4.69, 9.17) is 21.7 Å². The number of rotatable bonds is 3. The SMILES string of the molecule is CC.CC/C=C1\SC(=S)N(Cc2ccc3c(c2)OCO3)C1=O. The van der Waals surface area contributed by atoms with Crippen molar-refractivity contribution < 1.29 is 14.3 Å². The molecular weight excluding hydrogens is 318 g/mol. The number of hydrogen-bond acceptors (Lipinski definition) is 5. The highest BCUT2D eigenvalue weighted by atomic mass is 32.2. The van der Waals surface area contributed by atoms with Crippen LogP contribution in [0.1, 0.15) is 32.8 Å². The van der Waals surface area contributed by atoms with Crippen LogP contribution in [0.3, 0.4) is 0 Å². The predicted molar refractivity (Wildman–Crippen MR) is 93.0 cm³/mol. The van der Waals surface area contributed by atoms with Gasteiger partial charge in [-0.25, -0.2) is 0 Å². The van der Waals surface area contributed by atoms with Crippen LogP contribution in [-0.2, 0) is 11.3 Å². The van der Waals surface area contributed by atoms with Gasteiger partial charge in [-0.15, -0.1) is 0 Å². The topological polar surface area (TPSA) is 38.8 Å². The van der Waals surface area contributed by atoms with Gasteiger partial charge in [0.1, 0.15) is 4.32 Å². The lowest BCUT2D eigenvalue weighted by Crippen LogP contribution is -2.27. The summed E-state index contributed by atoms with van der Waals surface area (Å²) >= 11 is 6.64. The summed E-state index contributed by atoms with van der Waals surface area (Å²) in [7, 11) is 0. The zero-order valence-corrected chi connectivity index (χ0v) is 14.6. The van der Waals surface area contributed by atoms with Crippen molar-refractivity contribution in [3.05, 3.63) is 34.7 Å². The van der Waals surface area contributed by atoms with Crippen LogP contribution in [0.15, 0.2) is 29.2 Å². The van der Waals surface area contributed by atoms with Crippen molar-refractivity contribution in [2.24, 2.45) is 0 Å². The number of carbonyl (C=O) groups is 1. The van der Waals surface area contributed by atoms with Gasteiger partial charge in [0.25, 0.3) is 5.91 Å². The minimum atomic E-state index is -0.0143. The van der Waals surface area contributed by atoms with Gasteiger partial charge < -0.3 is 9.47 Å². The smallest absolute Gasteiger partial charge is 0.266 e. The fraction of sp³-hybridized carbons (Fsp3) is 0.375. The van der Waals surface area contributed by atoms with Crippen LogP contribution in [0.2, 0.25) is 0 Å². The highest BCUT2D eigenvalue weighted by Crippen LogP contribution is 2.35. The Balaban J connectivity index is 0.000000847. The maximum atomic E-state index is 12.2. The summed E-state index contributed by atoms with van der Waals surface area (Å²) in [5.41, 5.74) is 0.975. The van der Waals surface area contributed by atoms with Crippen molar-refractivity contribution in [3.63, 3.8) is 0 Å². The average Bonchev–Trinajstić information content (AvgIpc) is 3.09. The fourth-order valence-electron chi connectivity index (χ4n) is 2.08. The molecule has 1 saturated heterocycles. The van der Waals surface area contributed by atoms with E-state index in [0.29, 0.717) is 10.9 Å². The quantitative estimate of drug-likeness (QED) is 0.613. The van der Waals surface area contributed by atoms with Gasteiger partial charge in [0, 0.05) is 0 Å². The summed E-state index contributed by atoms with van der Waals surface area (Å²) in [6, 6.07) is 5.68. The molecule has 22 heavy (non-hydrogen) atoms. The van der Waals surface area contributed by atoms with E-state index in [9.17, 15) is 4.79 Å². The lowest BCUT2D eigenvalue weighted by Gasteiger charge is -2.14. The number of thiocarbonyl (C=S) groups is 1. The zero-order chi connectivity index (χ0) is 16.1. The van der Waals surface area contributed by atoms with E-state index in [-0.39, 0.29) is 12.7 Å². The van der Waals surface area contributed by atoms with E-state index < -0.39 is 0 Å². The Morgan fingerprint density at radius 3 is 2.77 bits per heavy atom. The van der Waals surface area contributed by atoms with Crippen LogP contribution in [0.4, 0.5) is 0 Å². The lowest BCUT2D eigenvalue weighted by molar-refractivity contribution is -0.122. The van der Waals surface area contributed by atoms with E-state index in [2.05, 4.69) is 0 Å². The van der Waals surface area contributed by atoms with E-state index in [0.717, 1.165) is 28.4 Å². The molecule has 0 aliphatic carbocycles. The Bertz CT molecular complexity index is 613. The fourth-order valence-corrected chi connectivity index (χ4v) is 3.39. The molecule has 2 aliphatic rings. The number of ether oxygens (including phenoxy) is 2. The zero-order valence-electron chi connectivity index (χ0n) is 12.9. The normalized spacial score (nSPS) is 17.8. The summed E-state index contributed by atoms with van der Waals surface area (Å²) in [6.07, 6.45) is 2.74. The van der Waals surface area contributed by atoms with Gasteiger partial charge in [0.2, 0.25) is 6.79 Å². The number of thioether (sulfide) groups is 1. The van der Waals surface area contributed by atoms with Gasteiger partial charge in [-0.3, -0.25) is 9.69 Å². The molecule has 0 aromatic heterocycles. The average molecular weight is 337 g/mol. The van der Waals surface area contributed by atoms with Gasteiger partial charge >= 0.3 is 0 Å². The molecule has 0 unspecified atom stereocenters. The molecule has 0 N–H and O–H groups in total. The number of nitrogens with zero attached hydrogens (tertiary/aromatic N) is 1. The van der Waals surface area contributed by atoms with Crippen LogP contribution in [-0.4, -0.2) is 21.9 Å². The van der Waals surface area contributed by atoms with E-state index in [1.54, 1.807) is 4.90 Å². The molecule has 118 valence electrons. The van der Waals surface area contributed by atoms with Gasteiger partial charge in [-0.05, 0) is 24.1 Å². The van der Waals surface area contributed by atoms with Crippen molar-refractivity contribution in [2.75, 3.05) is 6.79 Å². The monoisotopic (exact) mass is 337 g/mol. The molecule has 0 saturated carbocycles.